The topological polar surface area (TPSA) is 137 Å². The van der Waals surface area contributed by atoms with Crippen molar-refractivity contribution in [2.75, 3.05) is 26.7 Å². The molecule has 2 saturated heterocycles. The van der Waals surface area contributed by atoms with Crippen molar-refractivity contribution in [3.8, 4) is 17.3 Å². The first kappa shape index (κ1) is 31.2. The van der Waals surface area contributed by atoms with Crippen molar-refractivity contribution >= 4 is 33.9 Å². The second-order valence-corrected chi connectivity index (χ2v) is 14.8. The molecule has 12 nitrogen and oxygen atoms in total. The van der Waals surface area contributed by atoms with Crippen LogP contribution in [0.15, 0.2) is 48.8 Å². The third-order valence-corrected chi connectivity index (χ3v) is 11.5. The molecule has 2 amide bonds. The Kier molecular flexibility index (Phi) is 7.60. The average molecular weight is 674 g/mol. The summed E-state index contributed by atoms with van der Waals surface area (Å²) in [7, 11) is 1.67. The molecule has 2 unspecified atom stereocenters. The van der Waals surface area contributed by atoms with E-state index in [0.717, 1.165) is 65.8 Å². The summed E-state index contributed by atoms with van der Waals surface area (Å²) >= 11 is 0. The van der Waals surface area contributed by atoms with Gasteiger partial charge in [-0.1, -0.05) is 0 Å². The number of carbonyl (C=O) groups excluding carboxylic acids is 2. The number of pyridine rings is 1. The van der Waals surface area contributed by atoms with Crippen molar-refractivity contribution in [1.82, 2.24) is 38.9 Å². The van der Waals surface area contributed by atoms with Crippen molar-refractivity contribution in [2.45, 2.75) is 70.6 Å². The number of nitrogens with zero attached hydrogens (tertiary/aromatic N) is 8. The molecule has 2 N–H and O–H groups in total. The highest BCUT2D eigenvalue weighted by atomic mass is 16.5. The number of piperidine rings is 2. The van der Waals surface area contributed by atoms with Crippen LogP contribution in [0.1, 0.15) is 65.2 Å². The van der Waals surface area contributed by atoms with Crippen LogP contribution in [0, 0.1) is 24.7 Å². The number of benzene rings is 1. The molecule has 1 aromatic carbocycles. The van der Waals surface area contributed by atoms with Crippen LogP contribution in [0.4, 0.5) is 0 Å². The number of aromatic nitrogens is 6. The van der Waals surface area contributed by atoms with Gasteiger partial charge < -0.3 is 29.4 Å². The molecule has 6 heterocycles. The summed E-state index contributed by atoms with van der Waals surface area (Å²) in [6, 6.07) is 11.9. The molecule has 0 spiro atoms. The first-order valence-corrected chi connectivity index (χ1v) is 18.0. The van der Waals surface area contributed by atoms with E-state index >= 15 is 0 Å². The number of amides is 2. The Labute approximate surface area is 290 Å². The van der Waals surface area contributed by atoms with Crippen molar-refractivity contribution in [1.29, 1.82) is 0 Å². The van der Waals surface area contributed by atoms with E-state index in [4.69, 9.17) is 20.4 Å². The largest absolute Gasteiger partial charge is 0.494 e. The zero-order valence-electron chi connectivity index (χ0n) is 28.7. The molecule has 3 atom stereocenters. The smallest absolute Gasteiger partial charge is 0.272 e. The lowest BCUT2D eigenvalue weighted by atomic mass is 9.96. The molecule has 4 fully saturated rings. The standard InChI is InChI=1S/C38H43N9O3/c1-22-40-13-9-28(42-22)38(49)44-14-10-24(11-15-44)20-47-34-29(16-27(18-32(34)50-2)37(48)46-21-26-7-8-30(46)33(26)39)43-36(47)31-17-25-4-3-12-41-35(25)45(31)19-23-5-6-23/h3-4,9,12-13,16-18,23-24,26,30,33H,5-8,10-11,14-15,19-21,39H2,1-2H3/t26?,30?,33-/m1/s1. The second-order valence-electron chi connectivity index (χ2n) is 14.8. The summed E-state index contributed by atoms with van der Waals surface area (Å²) in [5.41, 5.74) is 11.1. The van der Waals surface area contributed by atoms with Gasteiger partial charge in [-0.25, -0.2) is 19.9 Å². The zero-order chi connectivity index (χ0) is 34.1. The number of nitrogens with two attached hydrogens (primary N) is 1. The maximum absolute atomic E-state index is 14.0. The van der Waals surface area contributed by atoms with Crippen LogP contribution in [-0.4, -0.2) is 89.5 Å². The van der Waals surface area contributed by atoms with Crippen LogP contribution in [0.25, 0.3) is 33.6 Å². The van der Waals surface area contributed by atoms with Crippen LogP contribution in [0.5, 0.6) is 5.75 Å². The summed E-state index contributed by atoms with van der Waals surface area (Å²) in [5, 5.41) is 1.08. The van der Waals surface area contributed by atoms with Gasteiger partial charge in [0.15, 0.2) is 5.82 Å². The van der Waals surface area contributed by atoms with Gasteiger partial charge in [0.05, 0.1) is 18.3 Å². The highest BCUT2D eigenvalue weighted by Gasteiger charge is 2.47. The van der Waals surface area contributed by atoms with Crippen molar-refractivity contribution in [3.05, 3.63) is 65.9 Å². The number of rotatable bonds is 8. The number of likely N-dealkylation sites (tertiary alicyclic amines) is 2. The van der Waals surface area contributed by atoms with Gasteiger partial charge in [0.1, 0.15) is 28.4 Å². The number of methoxy groups -OCH3 is 1. The fourth-order valence-corrected chi connectivity index (χ4v) is 8.66. The summed E-state index contributed by atoms with van der Waals surface area (Å²) < 4.78 is 10.7. The number of ether oxygens (including phenoxy) is 1. The Hall–Kier alpha value is -4.84. The van der Waals surface area contributed by atoms with Crippen molar-refractivity contribution in [3.63, 3.8) is 0 Å². The summed E-state index contributed by atoms with van der Waals surface area (Å²) in [6.07, 6.45) is 9.67. The first-order valence-electron chi connectivity index (χ1n) is 18.0. The molecule has 4 aromatic heterocycles. The fraction of sp³-hybridized carbons (Fsp3) is 0.474. The normalized spacial score (nSPS) is 22.3. The molecule has 258 valence electrons. The zero-order valence-corrected chi connectivity index (χ0v) is 28.7. The Bertz CT molecular complexity index is 2130. The van der Waals surface area contributed by atoms with E-state index in [2.05, 4.69) is 31.2 Å². The van der Waals surface area contributed by atoms with E-state index in [9.17, 15) is 9.59 Å². The van der Waals surface area contributed by atoms with Gasteiger partial charge in [0.25, 0.3) is 11.8 Å². The summed E-state index contributed by atoms with van der Waals surface area (Å²) in [4.78, 5) is 49.8. The predicted octanol–water partition coefficient (Wildman–Crippen LogP) is 4.68. The number of carbonyl (C=O) groups is 2. The van der Waals surface area contributed by atoms with Crippen LogP contribution < -0.4 is 10.5 Å². The van der Waals surface area contributed by atoms with Crippen LogP contribution >= 0.6 is 0 Å². The Morgan fingerprint density at radius 2 is 1.70 bits per heavy atom. The number of imidazole rings is 1. The first-order chi connectivity index (χ1) is 24.4. The summed E-state index contributed by atoms with van der Waals surface area (Å²) in [6.45, 7) is 5.40. The molecular formula is C38H43N9O3. The average Bonchev–Trinajstić information content (AvgIpc) is 3.50. The molecule has 2 aliphatic heterocycles. The Morgan fingerprint density at radius 3 is 2.42 bits per heavy atom. The van der Waals surface area contributed by atoms with Crippen LogP contribution in [0.3, 0.4) is 0 Å². The number of hydrogen-bond donors (Lipinski definition) is 1. The monoisotopic (exact) mass is 673 g/mol. The predicted molar refractivity (Wildman–Crippen MR) is 189 cm³/mol. The van der Waals surface area contributed by atoms with E-state index < -0.39 is 0 Å². The van der Waals surface area contributed by atoms with E-state index in [-0.39, 0.29) is 23.9 Å². The van der Waals surface area contributed by atoms with E-state index in [1.54, 1.807) is 26.3 Å². The summed E-state index contributed by atoms with van der Waals surface area (Å²) in [5.74, 6) is 3.31. The van der Waals surface area contributed by atoms with Crippen LogP contribution in [-0.2, 0) is 13.1 Å². The molecular weight excluding hydrogens is 630 g/mol. The molecule has 2 bridgehead atoms. The quantitative estimate of drug-likeness (QED) is 0.251. The van der Waals surface area contributed by atoms with Gasteiger partial charge in [0, 0.05) is 68.2 Å². The van der Waals surface area contributed by atoms with Gasteiger partial charge in [-0.3, -0.25) is 9.59 Å². The van der Waals surface area contributed by atoms with Gasteiger partial charge in [-0.15, -0.1) is 0 Å². The lowest BCUT2D eigenvalue weighted by Gasteiger charge is -2.32. The van der Waals surface area contributed by atoms with Crippen LogP contribution in [0.2, 0.25) is 0 Å². The lowest BCUT2D eigenvalue weighted by Crippen LogP contribution is -2.41. The molecule has 12 heteroatoms. The van der Waals surface area contributed by atoms with E-state index in [1.165, 1.54) is 12.8 Å². The minimum absolute atomic E-state index is 0.00748. The molecule has 2 saturated carbocycles. The molecule has 9 rings (SSSR count). The maximum Gasteiger partial charge on any atom is 0.272 e. The Morgan fingerprint density at radius 1 is 0.900 bits per heavy atom. The third-order valence-electron chi connectivity index (χ3n) is 11.5. The third kappa shape index (κ3) is 5.31. The highest BCUT2D eigenvalue weighted by Crippen LogP contribution is 2.41. The molecule has 4 aliphatic rings. The van der Waals surface area contributed by atoms with Crippen molar-refractivity contribution < 1.29 is 14.3 Å². The lowest BCUT2D eigenvalue weighted by molar-refractivity contribution is 0.0674. The molecule has 2 aliphatic carbocycles. The van der Waals surface area contributed by atoms with E-state index in [1.807, 2.05) is 34.2 Å². The number of fused-ring (bicyclic) bond motifs is 4. The van der Waals surface area contributed by atoms with Crippen molar-refractivity contribution in [2.24, 2.45) is 23.5 Å². The highest BCUT2D eigenvalue weighted by molar-refractivity contribution is 6.00. The van der Waals surface area contributed by atoms with E-state index in [0.29, 0.717) is 66.8 Å². The Balaban J connectivity index is 1.10. The maximum atomic E-state index is 14.0. The number of aryl methyl sites for hydroxylation is 1. The minimum Gasteiger partial charge on any atom is -0.494 e. The van der Waals surface area contributed by atoms with Gasteiger partial charge in [-0.2, -0.15) is 0 Å². The fourth-order valence-electron chi connectivity index (χ4n) is 8.66. The molecule has 5 aromatic rings. The SMILES string of the molecule is COc1cc(C(=O)N2CC3CCC2[C@@H]3N)cc2nc(-c3cc4cccnc4n3CC3CC3)n(CC3CCN(C(=O)c4ccnc(C)n4)CC3)c12. The second kappa shape index (κ2) is 12.2. The minimum atomic E-state index is -0.0501. The van der Waals surface area contributed by atoms with Gasteiger partial charge in [0.2, 0.25) is 0 Å². The molecule has 0 radical (unpaired) electrons. The van der Waals surface area contributed by atoms with Gasteiger partial charge >= 0.3 is 0 Å². The van der Waals surface area contributed by atoms with Gasteiger partial charge in [-0.05, 0) is 99.6 Å². The number of hydrogen-bond acceptors (Lipinski definition) is 8. The molecule has 50 heavy (non-hydrogen) atoms.